The van der Waals surface area contributed by atoms with E-state index in [0.717, 1.165) is 11.4 Å². The van der Waals surface area contributed by atoms with Crippen molar-refractivity contribution in [1.29, 1.82) is 0 Å². The van der Waals surface area contributed by atoms with Gasteiger partial charge in [0.25, 0.3) is 5.91 Å². The molecule has 1 amide bonds. The number of benzene rings is 1. The van der Waals surface area contributed by atoms with Gasteiger partial charge in [0.2, 0.25) is 0 Å². The smallest absolute Gasteiger partial charge is 0.274 e. The summed E-state index contributed by atoms with van der Waals surface area (Å²) in [5.74, 6) is 0.536. The van der Waals surface area contributed by atoms with Crippen molar-refractivity contribution in [1.82, 2.24) is 4.98 Å². The van der Waals surface area contributed by atoms with Crippen molar-refractivity contribution in [2.24, 2.45) is 0 Å². The first kappa shape index (κ1) is 17.8. The lowest BCUT2D eigenvalue weighted by atomic mass is 10.1. The van der Waals surface area contributed by atoms with Crippen LogP contribution in [0.1, 0.15) is 45.1 Å². The van der Waals surface area contributed by atoms with Crippen molar-refractivity contribution in [3.63, 3.8) is 0 Å². The summed E-state index contributed by atoms with van der Waals surface area (Å²) in [6.07, 6.45) is 1.79. The summed E-state index contributed by atoms with van der Waals surface area (Å²) in [5.41, 5.74) is 1.91. The Balaban J connectivity index is 1.99. The van der Waals surface area contributed by atoms with Crippen LogP contribution >= 0.6 is 0 Å². The normalized spacial score (nSPS) is 11.2. The Morgan fingerprint density at radius 2 is 1.67 bits per heavy atom. The number of hydrogen-bond acceptors (Lipinski definition) is 4. The third kappa shape index (κ3) is 5.57. The van der Waals surface area contributed by atoms with Gasteiger partial charge < -0.3 is 15.4 Å². The standard InChI is InChI=1S/C19H25N3O2/c1-13(2)24-16-9-6-14(7-10-16)21-18(23)17-11-8-15(12-20-17)22-19(3,4)5/h6-13,22H,1-5H3,(H,21,23). The van der Waals surface area contributed by atoms with Crippen molar-refractivity contribution in [2.75, 3.05) is 10.6 Å². The Morgan fingerprint density at radius 1 is 1.04 bits per heavy atom. The first-order chi connectivity index (χ1) is 11.2. The van der Waals surface area contributed by atoms with Gasteiger partial charge in [-0.2, -0.15) is 0 Å². The maximum absolute atomic E-state index is 12.2. The van der Waals surface area contributed by atoms with Gasteiger partial charge in [0.1, 0.15) is 11.4 Å². The van der Waals surface area contributed by atoms with Crippen molar-refractivity contribution >= 4 is 17.3 Å². The van der Waals surface area contributed by atoms with E-state index in [1.54, 1.807) is 12.3 Å². The molecule has 2 N–H and O–H groups in total. The maximum atomic E-state index is 12.2. The summed E-state index contributed by atoms with van der Waals surface area (Å²) in [7, 11) is 0. The summed E-state index contributed by atoms with van der Waals surface area (Å²) in [5, 5.41) is 6.14. The Kier molecular flexibility index (Phi) is 5.44. The van der Waals surface area contributed by atoms with Crippen LogP contribution in [-0.4, -0.2) is 22.5 Å². The third-order valence-electron chi connectivity index (χ3n) is 3.00. The Bertz CT molecular complexity index is 671. The highest BCUT2D eigenvalue weighted by molar-refractivity contribution is 6.02. The first-order valence-corrected chi connectivity index (χ1v) is 8.05. The van der Waals surface area contributed by atoms with Gasteiger partial charge in [-0.25, -0.2) is 4.98 Å². The first-order valence-electron chi connectivity index (χ1n) is 8.05. The molecule has 0 fully saturated rings. The molecule has 0 aliphatic carbocycles. The molecule has 0 unspecified atom stereocenters. The number of amides is 1. The highest BCUT2D eigenvalue weighted by Crippen LogP contribution is 2.18. The van der Waals surface area contributed by atoms with Crippen molar-refractivity contribution in [2.45, 2.75) is 46.3 Å². The van der Waals surface area contributed by atoms with E-state index in [9.17, 15) is 4.79 Å². The zero-order valence-electron chi connectivity index (χ0n) is 14.9. The number of ether oxygens (including phenoxy) is 1. The monoisotopic (exact) mass is 327 g/mol. The van der Waals surface area contributed by atoms with Gasteiger partial charge >= 0.3 is 0 Å². The number of rotatable bonds is 5. The lowest BCUT2D eigenvalue weighted by Crippen LogP contribution is -2.26. The highest BCUT2D eigenvalue weighted by Gasteiger charge is 2.11. The summed E-state index contributed by atoms with van der Waals surface area (Å²) < 4.78 is 5.58. The molecule has 2 aromatic rings. The number of carbonyl (C=O) groups excluding carboxylic acids is 1. The molecule has 0 radical (unpaired) electrons. The second-order valence-corrected chi connectivity index (χ2v) is 6.95. The van der Waals surface area contributed by atoms with E-state index in [1.807, 2.05) is 44.2 Å². The molecule has 0 atom stereocenters. The predicted molar refractivity (Wildman–Crippen MR) is 97.8 cm³/mol. The number of anilines is 2. The van der Waals surface area contributed by atoms with Crippen LogP contribution in [0.2, 0.25) is 0 Å². The van der Waals surface area contributed by atoms with Crippen LogP contribution < -0.4 is 15.4 Å². The van der Waals surface area contributed by atoms with Gasteiger partial charge in [0.05, 0.1) is 18.0 Å². The molecule has 0 saturated carbocycles. The second-order valence-electron chi connectivity index (χ2n) is 6.95. The SMILES string of the molecule is CC(C)Oc1ccc(NC(=O)c2ccc(NC(C)(C)C)cn2)cc1. The van der Waals surface area contributed by atoms with Gasteiger partial charge in [-0.3, -0.25) is 4.79 Å². The maximum Gasteiger partial charge on any atom is 0.274 e. The molecule has 2 rings (SSSR count). The number of aromatic nitrogens is 1. The van der Waals surface area contributed by atoms with Crippen molar-refractivity contribution in [3.05, 3.63) is 48.3 Å². The van der Waals surface area contributed by atoms with E-state index in [2.05, 4.69) is 36.4 Å². The van der Waals surface area contributed by atoms with E-state index in [0.29, 0.717) is 11.4 Å². The zero-order valence-corrected chi connectivity index (χ0v) is 14.9. The van der Waals surface area contributed by atoms with E-state index in [1.165, 1.54) is 0 Å². The quantitative estimate of drug-likeness (QED) is 0.858. The van der Waals surface area contributed by atoms with E-state index in [-0.39, 0.29) is 17.6 Å². The average Bonchev–Trinajstić information content (AvgIpc) is 2.48. The van der Waals surface area contributed by atoms with Gasteiger partial charge in [0.15, 0.2) is 0 Å². The number of nitrogens with zero attached hydrogens (tertiary/aromatic N) is 1. The van der Waals surface area contributed by atoms with E-state index >= 15 is 0 Å². The van der Waals surface area contributed by atoms with Crippen LogP contribution in [0.25, 0.3) is 0 Å². The van der Waals surface area contributed by atoms with Crippen LogP contribution in [0.4, 0.5) is 11.4 Å². The largest absolute Gasteiger partial charge is 0.491 e. The molecule has 0 spiro atoms. The van der Waals surface area contributed by atoms with E-state index in [4.69, 9.17) is 4.74 Å². The minimum atomic E-state index is -0.241. The number of hydrogen-bond donors (Lipinski definition) is 2. The predicted octanol–water partition coefficient (Wildman–Crippen LogP) is 4.33. The number of carbonyl (C=O) groups is 1. The second kappa shape index (κ2) is 7.34. The highest BCUT2D eigenvalue weighted by atomic mass is 16.5. The molecule has 1 aromatic carbocycles. The van der Waals surface area contributed by atoms with Crippen LogP contribution in [0, 0.1) is 0 Å². The van der Waals surface area contributed by atoms with Gasteiger partial charge in [0, 0.05) is 11.2 Å². The van der Waals surface area contributed by atoms with Gasteiger partial charge in [-0.15, -0.1) is 0 Å². The summed E-state index contributed by atoms with van der Waals surface area (Å²) in [6.45, 7) is 10.2. The molecule has 5 nitrogen and oxygen atoms in total. The van der Waals surface area contributed by atoms with Crippen LogP contribution in [-0.2, 0) is 0 Å². The van der Waals surface area contributed by atoms with E-state index < -0.39 is 0 Å². The number of nitrogens with one attached hydrogen (secondary N) is 2. The molecule has 128 valence electrons. The molecule has 1 aromatic heterocycles. The fraction of sp³-hybridized carbons (Fsp3) is 0.368. The number of pyridine rings is 1. The van der Waals surface area contributed by atoms with Crippen LogP contribution in [0.5, 0.6) is 5.75 Å². The molecule has 0 bridgehead atoms. The lowest BCUT2D eigenvalue weighted by Gasteiger charge is -2.21. The molecule has 0 saturated heterocycles. The van der Waals surface area contributed by atoms with Gasteiger partial charge in [-0.05, 0) is 71.0 Å². The molecule has 1 heterocycles. The minimum Gasteiger partial charge on any atom is -0.491 e. The Hall–Kier alpha value is -2.56. The summed E-state index contributed by atoms with van der Waals surface area (Å²) in [4.78, 5) is 16.5. The van der Waals surface area contributed by atoms with Crippen molar-refractivity contribution < 1.29 is 9.53 Å². The van der Waals surface area contributed by atoms with Crippen molar-refractivity contribution in [3.8, 4) is 5.75 Å². The molecular weight excluding hydrogens is 302 g/mol. The minimum absolute atomic E-state index is 0.0503. The third-order valence-corrected chi connectivity index (χ3v) is 3.00. The molecule has 5 heteroatoms. The zero-order chi connectivity index (χ0) is 17.7. The van der Waals surface area contributed by atoms with Gasteiger partial charge in [-0.1, -0.05) is 0 Å². The fourth-order valence-corrected chi connectivity index (χ4v) is 2.12. The Morgan fingerprint density at radius 3 is 2.17 bits per heavy atom. The fourth-order valence-electron chi connectivity index (χ4n) is 2.12. The molecule has 0 aliphatic rings. The summed E-state index contributed by atoms with van der Waals surface area (Å²) in [6, 6.07) is 10.8. The average molecular weight is 327 g/mol. The van der Waals surface area contributed by atoms with Crippen LogP contribution in [0.3, 0.4) is 0 Å². The topological polar surface area (TPSA) is 63.2 Å². The lowest BCUT2D eigenvalue weighted by molar-refractivity contribution is 0.102. The van der Waals surface area contributed by atoms with Crippen LogP contribution in [0.15, 0.2) is 42.6 Å². The molecule has 0 aliphatic heterocycles. The Labute approximate surface area is 143 Å². The molecular formula is C19H25N3O2. The summed E-state index contributed by atoms with van der Waals surface area (Å²) >= 11 is 0. The molecule has 24 heavy (non-hydrogen) atoms.